The second kappa shape index (κ2) is 9.79. The van der Waals surface area contributed by atoms with Crippen molar-refractivity contribution in [3.8, 4) is 5.75 Å². The molecule has 0 radical (unpaired) electrons. The van der Waals surface area contributed by atoms with Crippen LogP contribution >= 0.6 is 11.1 Å². The Hall–Kier alpha value is -1.25. The second-order valence-corrected chi connectivity index (χ2v) is 10.6. The highest BCUT2D eigenvalue weighted by molar-refractivity contribution is 7.24. The van der Waals surface area contributed by atoms with Gasteiger partial charge in [0, 0.05) is 0 Å². The van der Waals surface area contributed by atoms with Crippen LogP contribution in [-0.2, 0) is 0 Å². The Labute approximate surface area is 146 Å². The molecule has 0 aliphatic heterocycles. The normalized spacial score (nSPS) is 13.5. The predicted molar refractivity (Wildman–Crippen MR) is 103 cm³/mol. The van der Waals surface area contributed by atoms with Crippen LogP contribution in [0, 0.1) is 0 Å². The Balaban J connectivity index is 2.00. The lowest BCUT2D eigenvalue weighted by Crippen LogP contribution is -2.48. The molecule has 0 heterocycles. The molecule has 0 fully saturated rings. The largest absolute Gasteiger partial charge is 0.526 e. The summed E-state index contributed by atoms with van der Waals surface area (Å²) in [6.07, 6.45) is 7.64. The fraction of sp³-hybridized carbons (Fsp3) is 0.400. The number of hydrogen-bond acceptors (Lipinski definition) is 1. The third-order valence-corrected chi connectivity index (χ3v) is 8.28. The number of unbranched alkanes of at least 4 members (excludes halogenated alkanes) is 5. The average Bonchev–Trinajstić information content (AvgIpc) is 2.60. The van der Waals surface area contributed by atoms with Crippen molar-refractivity contribution in [2.75, 3.05) is 0 Å². The fourth-order valence-electron chi connectivity index (χ4n) is 2.75. The topological polar surface area (TPSA) is 9.23 Å². The minimum atomic E-state index is -2.46. The van der Waals surface area contributed by atoms with E-state index >= 15 is 0 Å². The molecule has 1 nitrogen and oxygen atoms in total. The maximum Gasteiger partial charge on any atom is 0.380 e. The summed E-state index contributed by atoms with van der Waals surface area (Å²) in [6.45, 7) is 2.25. The number of benzene rings is 2. The fourth-order valence-corrected chi connectivity index (χ4v) is 6.21. The van der Waals surface area contributed by atoms with E-state index in [-0.39, 0.29) is 0 Å². The minimum absolute atomic E-state index is 0.879. The van der Waals surface area contributed by atoms with Crippen molar-refractivity contribution >= 4 is 23.9 Å². The van der Waals surface area contributed by atoms with Gasteiger partial charge >= 0.3 is 7.63 Å². The summed E-state index contributed by atoms with van der Waals surface area (Å²) in [5.41, 5.74) is 0. The Bertz CT molecular complexity index is 546. The molecule has 1 unspecified atom stereocenters. The predicted octanol–water partition coefficient (Wildman–Crippen LogP) is 6.01. The quantitative estimate of drug-likeness (QED) is 0.290. The van der Waals surface area contributed by atoms with E-state index in [1.807, 2.05) is 36.4 Å². The molecular formula is C20H27ClOSi. The summed E-state index contributed by atoms with van der Waals surface area (Å²) >= 11 is 7.06. The maximum absolute atomic E-state index is 7.06. The highest BCUT2D eigenvalue weighted by Crippen LogP contribution is 2.25. The van der Waals surface area contributed by atoms with E-state index in [2.05, 4.69) is 31.2 Å². The van der Waals surface area contributed by atoms with Crippen molar-refractivity contribution in [3.05, 3.63) is 60.7 Å². The molecule has 1 atom stereocenters. The summed E-state index contributed by atoms with van der Waals surface area (Å²) in [6, 6.07) is 21.3. The Kier molecular flexibility index (Phi) is 7.70. The van der Waals surface area contributed by atoms with Crippen LogP contribution in [0.5, 0.6) is 5.75 Å². The van der Waals surface area contributed by atoms with Gasteiger partial charge < -0.3 is 4.43 Å². The van der Waals surface area contributed by atoms with E-state index < -0.39 is 7.63 Å². The van der Waals surface area contributed by atoms with Crippen LogP contribution in [0.2, 0.25) is 6.04 Å². The smallest absolute Gasteiger partial charge is 0.380 e. The highest BCUT2D eigenvalue weighted by atomic mass is 35.6. The van der Waals surface area contributed by atoms with Crippen molar-refractivity contribution in [1.82, 2.24) is 0 Å². The molecule has 0 N–H and O–H groups in total. The molecule has 124 valence electrons. The summed E-state index contributed by atoms with van der Waals surface area (Å²) < 4.78 is 6.32. The van der Waals surface area contributed by atoms with Crippen LogP contribution < -0.4 is 9.61 Å². The van der Waals surface area contributed by atoms with Gasteiger partial charge in [0.2, 0.25) is 0 Å². The number of para-hydroxylation sites is 1. The molecule has 0 aromatic heterocycles. The molecule has 2 rings (SSSR count). The van der Waals surface area contributed by atoms with Crippen LogP contribution in [0.1, 0.15) is 45.4 Å². The van der Waals surface area contributed by atoms with Gasteiger partial charge in [-0.3, -0.25) is 0 Å². The molecular weight excluding hydrogens is 320 g/mol. The van der Waals surface area contributed by atoms with E-state index in [0.717, 1.165) is 18.2 Å². The second-order valence-electron chi connectivity index (χ2n) is 6.03. The molecule has 2 aromatic carbocycles. The van der Waals surface area contributed by atoms with Gasteiger partial charge in [-0.25, -0.2) is 0 Å². The van der Waals surface area contributed by atoms with Gasteiger partial charge in [-0.2, -0.15) is 0 Å². The van der Waals surface area contributed by atoms with Crippen molar-refractivity contribution < 1.29 is 4.43 Å². The zero-order chi connectivity index (χ0) is 16.4. The van der Waals surface area contributed by atoms with Gasteiger partial charge in [0.25, 0.3) is 0 Å². The van der Waals surface area contributed by atoms with Gasteiger partial charge in [-0.05, 0) is 23.4 Å². The van der Waals surface area contributed by atoms with Crippen molar-refractivity contribution in [2.24, 2.45) is 0 Å². The molecule has 0 bridgehead atoms. The lowest BCUT2D eigenvalue weighted by atomic mass is 10.1. The van der Waals surface area contributed by atoms with E-state index in [1.54, 1.807) is 0 Å². The molecule has 0 aliphatic rings. The third kappa shape index (κ3) is 6.04. The highest BCUT2D eigenvalue weighted by Gasteiger charge is 2.36. The summed E-state index contributed by atoms with van der Waals surface area (Å²) in [5, 5.41) is 1.17. The van der Waals surface area contributed by atoms with Gasteiger partial charge in [-0.1, -0.05) is 94.0 Å². The Morgan fingerprint density at radius 3 is 2.00 bits per heavy atom. The van der Waals surface area contributed by atoms with Gasteiger partial charge in [-0.15, -0.1) is 11.1 Å². The first-order valence-corrected chi connectivity index (χ1v) is 11.9. The van der Waals surface area contributed by atoms with Gasteiger partial charge in [0.15, 0.2) is 0 Å². The number of halogens is 1. The number of rotatable bonds is 10. The van der Waals surface area contributed by atoms with Crippen LogP contribution in [0.3, 0.4) is 0 Å². The first kappa shape index (κ1) is 18.1. The monoisotopic (exact) mass is 346 g/mol. The molecule has 0 saturated carbocycles. The zero-order valence-corrected chi connectivity index (χ0v) is 15.8. The van der Waals surface area contributed by atoms with Crippen molar-refractivity contribution in [3.63, 3.8) is 0 Å². The van der Waals surface area contributed by atoms with E-state index in [9.17, 15) is 0 Å². The zero-order valence-electron chi connectivity index (χ0n) is 14.0. The summed E-state index contributed by atoms with van der Waals surface area (Å²) in [7, 11) is -2.46. The van der Waals surface area contributed by atoms with Crippen LogP contribution in [0.25, 0.3) is 0 Å². The third-order valence-electron chi connectivity index (χ3n) is 4.08. The minimum Gasteiger partial charge on any atom is -0.526 e. The number of hydrogen-bond donors (Lipinski definition) is 0. The standard InChI is InChI=1S/C20H27ClOSi/c1-2-3-4-5-6-13-18-23(21,20-16-11-8-12-17-20)22-19-14-9-7-10-15-19/h7-12,14-17H,2-6,13,18H2,1H3. The molecule has 23 heavy (non-hydrogen) atoms. The first-order chi connectivity index (χ1) is 11.2. The molecule has 0 saturated heterocycles. The lowest BCUT2D eigenvalue weighted by Gasteiger charge is -2.26. The SMILES string of the molecule is CCCCCCCC[Si](Cl)(Oc1ccccc1)c1ccccc1. The van der Waals surface area contributed by atoms with E-state index in [4.69, 9.17) is 15.5 Å². The van der Waals surface area contributed by atoms with E-state index in [1.165, 1.54) is 37.3 Å². The van der Waals surface area contributed by atoms with Crippen LogP contribution in [0.4, 0.5) is 0 Å². The van der Waals surface area contributed by atoms with Crippen molar-refractivity contribution in [2.45, 2.75) is 51.5 Å². The Morgan fingerprint density at radius 2 is 1.35 bits per heavy atom. The summed E-state index contributed by atoms with van der Waals surface area (Å²) in [5.74, 6) is 0.879. The first-order valence-electron chi connectivity index (χ1n) is 8.73. The molecule has 0 amide bonds. The lowest BCUT2D eigenvalue weighted by molar-refractivity contribution is 0.556. The average molecular weight is 347 g/mol. The van der Waals surface area contributed by atoms with Crippen LogP contribution in [0.15, 0.2) is 60.7 Å². The summed E-state index contributed by atoms with van der Waals surface area (Å²) in [4.78, 5) is 0. The van der Waals surface area contributed by atoms with Crippen molar-refractivity contribution in [1.29, 1.82) is 0 Å². The molecule has 2 aromatic rings. The maximum atomic E-state index is 7.06. The van der Waals surface area contributed by atoms with E-state index in [0.29, 0.717) is 0 Å². The van der Waals surface area contributed by atoms with Gasteiger partial charge in [0.1, 0.15) is 5.75 Å². The molecule has 3 heteroatoms. The van der Waals surface area contributed by atoms with Crippen LogP contribution in [-0.4, -0.2) is 7.63 Å². The Morgan fingerprint density at radius 1 is 0.783 bits per heavy atom. The molecule has 0 spiro atoms. The molecule has 0 aliphatic carbocycles. The van der Waals surface area contributed by atoms with Gasteiger partial charge in [0.05, 0.1) is 0 Å².